The molecule has 0 amide bonds. The number of carboxylic acid groups (broad SMARTS) is 1. The molecule has 0 spiro atoms. The minimum atomic E-state index is -0.726. The summed E-state index contributed by atoms with van der Waals surface area (Å²) >= 11 is 5.97. The summed E-state index contributed by atoms with van der Waals surface area (Å²) in [6.07, 6.45) is 6.84. The fourth-order valence-corrected chi connectivity index (χ4v) is 3.19. The van der Waals surface area contributed by atoms with E-state index in [4.69, 9.17) is 16.7 Å². The predicted molar refractivity (Wildman–Crippen MR) is 81.1 cm³/mol. The first-order valence-electron chi connectivity index (χ1n) is 7.35. The highest BCUT2D eigenvalue weighted by molar-refractivity contribution is 6.30. The molecule has 4 heteroatoms. The summed E-state index contributed by atoms with van der Waals surface area (Å²) in [6.45, 7) is 0.745. The molecular formula is C16H22ClNO2. The Kier molecular flexibility index (Phi) is 5.44. The van der Waals surface area contributed by atoms with E-state index in [1.54, 1.807) is 0 Å². The molecule has 0 aromatic heterocycles. The average molecular weight is 296 g/mol. The number of nitrogens with one attached hydrogen (secondary N) is 1. The van der Waals surface area contributed by atoms with Crippen LogP contribution in [0.2, 0.25) is 5.02 Å². The van der Waals surface area contributed by atoms with Crippen molar-refractivity contribution in [2.45, 2.75) is 50.5 Å². The first-order chi connectivity index (χ1) is 9.62. The first kappa shape index (κ1) is 15.3. The number of hydrogen-bond donors (Lipinski definition) is 2. The molecule has 3 nitrogen and oxygen atoms in total. The Balaban J connectivity index is 2.05. The van der Waals surface area contributed by atoms with Crippen molar-refractivity contribution in [2.75, 3.05) is 6.54 Å². The topological polar surface area (TPSA) is 49.3 Å². The van der Waals surface area contributed by atoms with E-state index in [1.165, 1.54) is 24.8 Å². The smallest absolute Gasteiger partial charge is 0.303 e. The van der Waals surface area contributed by atoms with Gasteiger partial charge in [0.1, 0.15) is 0 Å². The van der Waals surface area contributed by atoms with Crippen LogP contribution < -0.4 is 5.32 Å². The van der Waals surface area contributed by atoms with Crippen molar-refractivity contribution in [3.8, 4) is 0 Å². The maximum Gasteiger partial charge on any atom is 0.303 e. The number of halogens is 1. The second-order valence-electron chi connectivity index (χ2n) is 5.57. The van der Waals surface area contributed by atoms with Crippen LogP contribution in [-0.4, -0.2) is 17.6 Å². The van der Waals surface area contributed by atoms with Crippen LogP contribution >= 0.6 is 11.6 Å². The third-order valence-corrected chi connectivity index (χ3v) is 4.39. The van der Waals surface area contributed by atoms with Crippen molar-refractivity contribution in [1.82, 2.24) is 5.32 Å². The van der Waals surface area contributed by atoms with E-state index >= 15 is 0 Å². The average Bonchev–Trinajstić information content (AvgIpc) is 2.45. The van der Waals surface area contributed by atoms with Crippen molar-refractivity contribution in [3.63, 3.8) is 0 Å². The van der Waals surface area contributed by atoms with Crippen molar-refractivity contribution in [3.05, 3.63) is 34.9 Å². The largest absolute Gasteiger partial charge is 0.481 e. The fraction of sp³-hybridized carbons (Fsp3) is 0.562. The van der Waals surface area contributed by atoms with Crippen LogP contribution in [0.25, 0.3) is 0 Å². The highest BCUT2D eigenvalue weighted by Crippen LogP contribution is 2.37. The molecule has 0 saturated heterocycles. The lowest BCUT2D eigenvalue weighted by Crippen LogP contribution is -2.44. The molecule has 2 rings (SSSR count). The lowest BCUT2D eigenvalue weighted by atomic mass is 9.76. The van der Waals surface area contributed by atoms with Crippen LogP contribution in [0.4, 0.5) is 0 Å². The summed E-state index contributed by atoms with van der Waals surface area (Å²) in [5, 5.41) is 13.1. The van der Waals surface area contributed by atoms with Crippen LogP contribution in [0.5, 0.6) is 0 Å². The standard InChI is InChI=1S/C16H22ClNO2/c17-14-8-6-13(7-9-14)16(10-2-1-3-11-16)18-12-4-5-15(19)20/h6-9,18H,1-5,10-12H2,(H,19,20). The predicted octanol–water partition coefficient (Wildman–Crippen LogP) is 3.95. The lowest BCUT2D eigenvalue weighted by Gasteiger charge is -2.39. The van der Waals surface area contributed by atoms with Gasteiger partial charge in [0.05, 0.1) is 0 Å². The van der Waals surface area contributed by atoms with Gasteiger partial charge in [-0.25, -0.2) is 0 Å². The Labute approximate surface area is 125 Å². The zero-order chi connectivity index (χ0) is 14.4. The first-order valence-corrected chi connectivity index (χ1v) is 7.73. The van der Waals surface area contributed by atoms with E-state index in [1.807, 2.05) is 12.1 Å². The molecule has 1 aromatic rings. The molecule has 1 saturated carbocycles. The van der Waals surface area contributed by atoms with Gasteiger partial charge >= 0.3 is 5.97 Å². The van der Waals surface area contributed by atoms with E-state index in [9.17, 15) is 4.79 Å². The van der Waals surface area contributed by atoms with Gasteiger partial charge in [0.25, 0.3) is 0 Å². The number of carboxylic acids is 1. The van der Waals surface area contributed by atoms with Gasteiger partial charge in [-0.2, -0.15) is 0 Å². The van der Waals surface area contributed by atoms with Gasteiger partial charge in [0.15, 0.2) is 0 Å². The molecule has 0 heterocycles. The zero-order valence-electron chi connectivity index (χ0n) is 11.7. The summed E-state index contributed by atoms with van der Waals surface area (Å²) in [5.41, 5.74) is 1.28. The molecule has 0 atom stereocenters. The van der Waals surface area contributed by atoms with Gasteiger partial charge in [-0.3, -0.25) is 4.79 Å². The van der Waals surface area contributed by atoms with E-state index in [-0.39, 0.29) is 12.0 Å². The molecule has 0 radical (unpaired) electrons. The SMILES string of the molecule is O=C(O)CCCNC1(c2ccc(Cl)cc2)CCCCC1. The van der Waals surface area contributed by atoms with E-state index in [0.29, 0.717) is 6.42 Å². The Bertz CT molecular complexity index is 438. The Morgan fingerprint density at radius 1 is 1.20 bits per heavy atom. The maximum absolute atomic E-state index is 10.6. The monoisotopic (exact) mass is 295 g/mol. The van der Waals surface area contributed by atoms with Crippen molar-refractivity contribution in [2.24, 2.45) is 0 Å². The molecule has 1 fully saturated rings. The maximum atomic E-state index is 10.6. The van der Waals surface area contributed by atoms with E-state index < -0.39 is 5.97 Å². The van der Waals surface area contributed by atoms with Gasteiger partial charge in [-0.1, -0.05) is 43.0 Å². The number of rotatable bonds is 6. The van der Waals surface area contributed by atoms with Crippen LogP contribution in [0, 0.1) is 0 Å². The second kappa shape index (κ2) is 7.09. The zero-order valence-corrected chi connectivity index (χ0v) is 12.5. The van der Waals surface area contributed by atoms with Gasteiger partial charge in [-0.05, 0) is 43.5 Å². The molecular weight excluding hydrogens is 274 g/mol. The quantitative estimate of drug-likeness (QED) is 0.781. The number of aliphatic carboxylic acids is 1. The molecule has 0 bridgehead atoms. The number of hydrogen-bond acceptors (Lipinski definition) is 2. The van der Waals surface area contributed by atoms with E-state index in [0.717, 1.165) is 24.4 Å². The summed E-state index contributed by atoms with van der Waals surface area (Å²) in [6, 6.07) is 8.06. The third kappa shape index (κ3) is 3.97. The van der Waals surface area contributed by atoms with E-state index in [2.05, 4.69) is 17.4 Å². The molecule has 1 aliphatic carbocycles. The summed E-state index contributed by atoms with van der Waals surface area (Å²) < 4.78 is 0. The van der Waals surface area contributed by atoms with Crippen molar-refractivity contribution < 1.29 is 9.90 Å². The number of carbonyl (C=O) groups is 1. The normalized spacial score (nSPS) is 17.9. The van der Waals surface area contributed by atoms with Gasteiger partial charge in [0.2, 0.25) is 0 Å². The molecule has 20 heavy (non-hydrogen) atoms. The summed E-state index contributed by atoms with van der Waals surface area (Å²) in [5.74, 6) is -0.726. The Hall–Kier alpha value is -1.06. The van der Waals surface area contributed by atoms with Crippen molar-refractivity contribution in [1.29, 1.82) is 0 Å². The third-order valence-electron chi connectivity index (χ3n) is 4.13. The molecule has 0 aliphatic heterocycles. The molecule has 1 aliphatic rings. The molecule has 110 valence electrons. The Morgan fingerprint density at radius 3 is 2.45 bits per heavy atom. The van der Waals surface area contributed by atoms with Gasteiger partial charge < -0.3 is 10.4 Å². The minimum Gasteiger partial charge on any atom is -0.481 e. The Morgan fingerprint density at radius 2 is 1.85 bits per heavy atom. The van der Waals surface area contributed by atoms with Crippen LogP contribution in [-0.2, 0) is 10.3 Å². The fourth-order valence-electron chi connectivity index (χ4n) is 3.06. The van der Waals surface area contributed by atoms with Crippen LogP contribution in [0.15, 0.2) is 24.3 Å². The van der Waals surface area contributed by atoms with Crippen molar-refractivity contribution >= 4 is 17.6 Å². The highest BCUT2D eigenvalue weighted by atomic mass is 35.5. The van der Waals surface area contributed by atoms with Crippen LogP contribution in [0.3, 0.4) is 0 Å². The summed E-state index contributed by atoms with van der Waals surface area (Å²) in [4.78, 5) is 10.6. The molecule has 0 unspecified atom stereocenters. The second-order valence-corrected chi connectivity index (χ2v) is 6.01. The summed E-state index contributed by atoms with van der Waals surface area (Å²) in [7, 11) is 0. The molecule has 1 aromatic carbocycles. The molecule has 2 N–H and O–H groups in total. The highest BCUT2D eigenvalue weighted by Gasteiger charge is 2.32. The lowest BCUT2D eigenvalue weighted by molar-refractivity contribution is -0.137. The van der Waals surface area contributed by atoms with Gasteiger partial charge in [-0.15, -0.1) is 0 Å². The van der Waals surface area contributed by atoms with Crippen LogP contribution in [0.1, 0.15) is 50.5 Å². The van der Waals surface area contributed by atoms with Gasteiger partial charge in [0, 0.05) is 17.0 Å². The number of benzene rings is 1. The minimum absolute atomic E-state index is 0.00133.